The number of ketones is 1. The summed E-state index contributed by atoms with van der Waals surface area (Å²) >= 11 is 12.0. The SMILES string of the molecule is O=C(c1c(F)cc(F)cc1F)C1CCN(C(=O)c2cccc(Cl)c2Cl)CC1. The van der Waals surface area contributed by atoms with Gasteiger partial charge in [0.15, 0.2) is 5.78 Å². The third-order valence-electron chi connectivity index (χ3n) is 4.59. The van der Waals surface area contributed by atoms with Crippen LogP contribution in [0.2, 0.25) is 10.0 Å². The van der Waals surface area contributed by atoms with E-state index < -0.39 is 34.7 Å². The maximum atomic E-state index is 13.8. The van der Waals surface area contributed by atoms with Gasteiger partial charge >= 0.3 is 0 Å². The standard InChI is InChI=1S/C19H14Cl2F3NO2/c20-13-3-1-2-12(17(13)21)19(27)25-6-4-10(5-7-25)18(26)16-14(23)8-11(22)9-15(16)24/h1-3,8-10H,4-7H2. The summed E-state index contributed by atoms with van der Waals surface area (Å²) in [6, 6.07) is 5.69. The molecule has 1 aliphatic heterocycles. The Morgan fingerprint density at radius 3 is 2.19 bits per heavy atom. The van der Waals surface area contributed by atoms with Crippen molar-refractivity contribution in [2.75, 3.05) is 13.1 Å². The molecule has 1 heterocycles. The fourth-order valence-corrected chi connectivity index (χ4v) is 3.55. The Hall–Kier alpha value is -2.05. The third kappa shape index (κ3) is 3.96. The van der Waals surface area contributed by atoms with Gasteiger partial charge in [-0.15, -0.1) is 0 Å². The number of nitrogens with zero attached hydrogens (tertiary/aromatic N) is 1. The van der Waals surface area contributed by atoms with E-state index in [2.05, 4.69) is 0 Å². The van der Waals surface area contributed by atoms with Crippen LogP contribution < -0.4 is 0 Å². The van der Waals surface area contributed by atoms with E-state index >= 15 is 0 Å². The fourth-order valence-electron chi connectivity index (χ4n) is 3.17. The predicted octanol–water partition coefficient (Wildman–Crippen LogP) is 5.15. The molecule has 0 radical (unpaired) electrons. The molecular formula is C19H14Cl2F3NO2. The minimum atomic E-state index is -1.22. The second-order valence-corrected chi connectivity index (χ2v) is 7.06. The average molecular weight is 416 g/mol. The highest BCUT2D eigenvalue weighted by atomic mass is 35.5. The van der Waals surface area contributed by atoms with Gasteiger partial charge in [-0.3, -0.25) is 9.59 Å². The smallest absolute Gasteiger partial charge is 0.255 e. The first-order valence-corrected chi connectivity index (χ1v) is 8.97. The molecule has 3 rings (SSSR count). The first-order chi connectivity index (χ1) is 12.8. The summed E-state index contributed by atoms with van der Waals surface area (Å²) in [7, 11) is 0. The quantitative estimate of drug-likeness (QED) is 0.650. The molecule has 142 valence electrons. The molecule has 8 heteroatoms. The lowest BCUT2D eigenvalue weighted by Crippen LogP contribution is -2.40. The second-order valence-electron chi connectivity index (χ2n) is 6.28. The Bertz CT molecular complexity index is 889. The number of hydrogen-bond acceptors (Lipinski definition) is 2. The van der Waals surface area contributed by atoms with Crippen molar-refractivity contribution in [2.45, 2.75) is 12.8 Å². The van der Waals surface area contributed by atoms with E-state index in [1.807, 2.05) is 0 Å². The Balaban J connectivity index is 1.71. The molecule has 3 nitrogen and oxygen atoms in total. The van der Waals surface area contributed by atoms with Crippen molar-refractivity contribution >= 4 is 34.9 Å². The summed E-state index contributed by atoms with van der Waals surface area (Å²) in [5.41, 5.74) is -0.483. The summed E-state index contributed by atoms with van der Waals surface area (Å²) in [6.45, 7) is 0.449. The molecule has 1 saturated heterocycles. The van der Waals surface area contributed by atoms with Crippen LogP contribution >= 0.6 is 23.2 Å². The van der Waals surface area contributed by atoms with Crippen LogP contribution in [-0.2, 0) is 0 Å². The van der Waals surface area contributed by atoms with Crippen LogP contribution in [0.25, 0.3) is 0 Å². The van der Waals surface area contributed by atoms with Crippen LogP contribution in [0, 0.1) is 23.4 Å². The van der Waals surface area contributed by atoms with E-state index in [1.165, 1.54) is 4.90 Å². The maximum absolute atomic E-state index is 13.8. The van der Waals surface area contributed by atoms with Crippen LogP contribution in [0.15, 0.2) is 30.3 Å². The highest BCUT2D eigenvalue weighted by Gasteiger charge is 2.32. The lowest BCUT2D eigenvalue weighted by Gasteiger charge is -2.31. The van der Waals surface area contributed by atoms with Gasteiger partial charge in [-0.25, -0.2) is 13.2 Å². The van der Waals surface area contributed by atoms with Gasteiger partial charge in [0.1, 0.15) is 17.5 Å². The van der Waals surface area contributed by atoms with Crippen molar-refractivity contribution in [3.05, 3.63) is 69.0 Å². The van der Waals surface area contributed by atoms with Crippen molar-refractivity contribution in [2.24, 2.45) is 5.92 Å². The minimum Gasteiger partial charge on any atom is -0.339 e. The number of rotatable bonds is 3. The first kappa shape index (κ1) is 19.7. The number of likely N-dealkylation sites (tertiary alicyclic amines) is 1. The predicted molar refractivity (Wildman–Crippen MR) is 95.7 cm³/mol. The van der Waals surface area contributed by atoms with Gasteiger partial charge in [0, 0.05) is 31.1 Å². The van der Waals surface area contributed by atoms with E-state index in [0.717, 1.165) is 0 Å². The van der Waals surface area contributed by atoms with Gasteiger partial charge in [0.05, 0.1) is 21.2 Å². The molecule has 1 fully saturated rings. The number of hydrogen-bond donors (Lipinski definition) is 0. The molecule has 0 spiro atoms. The highest BCUT2D eigenvalue weighted by Crippen LogP contribution is 2.29. The lowest BCUT2D eigenvalue weighted by atomic mass is 9.88. The minimum absolute atomic E-state index is 0.151. The molecule has 1 amide bonds. The van der Waals surface area contributed by atoms with E-state index in [4.69, 9.17) is 23.2 Å². The molecule has 1 aliphatic rings. The summed E-state index contributed by atoms with van der Waals surface area (Å²) in [5.74, 6) is -5.23. The number of halogens is 5. The van der Waals surface area contributed by atoms with Crippen LogP contribution in [0.4, 0.5) is 13.2 Å². The zero-order chi connectivity index (χ0) is 19.7. The molecule has 0 N–H and O–H groups in total. The van der Waals surface area contributed by atoms with Crippen molar-refractivity contribution in [3.63, 3.8) is 0 Å². The summed E-state index contributed by atoms with van der Waals surface area (Å²) < 4.78 is 40.7. The van der Waals surface area contributed by atoms with Crippen molar-refractivity contribution in [1.82, 2.24) is 4.90 Å². The third-order valence-corrected chi connectivity index (χ3v) is 5.41. The average Bonchev–Trinajstić information content (AvgIpc) is 2.62. The summed E-state index contributed by atoms with van der Waals surface area (Å²) in [5, 5.41) is 0.410. The lowest BCUT2D eigenvalue weighted by molar-refractivity contribution is 0.0648. The van der Waals surface area contributed by atoms with Crippen molar-refractivity contribution in [1.29, 1.82) is 0 Å². The first-order valence-electron chi connectivity index (χ1n) is 8.21. The van der Waals surface area contributed by atoms with E-state index in [1.54, 1.807) is 18.2 Å². The van der Waals surface area contributed by atoms with Gasteiger partial charge in [0.25, 0.3) is 5.91 Å². The number of carbonyl (C=O) groups is 2. The Morgan fingerprint density at radius 2 is 1.59 bits per heavy atom. The molecule has 0 aliphatic carbocycles. The Labute approximate surface area is 163 Å². The molecule has 2 aromatic rings. The largest absolute Gasteiger partial charge is 0.339 e. The van der Waals surface area contributed by atoms with Crippen molar-refractivity contribution in [3.8, 4) is 0 Å². The maximum Gasteiger partial charge on any atom is 0.255 e. The molecule has 27 heavy (non-hydrogen) atoms. The van der Waals surface area contributed by atoms with Gasteiger partial charge in [-0.2, -0.15) is 0 Å². The normalized spacial score (nSPS) is 15.1. The highest BCUT2D eigenvalue weighted by molar-refractivity contribution is 6.43. The molecule has 2 aromatic carbocycles. The second kappa shape index (κ2) is 7.90. The molecule has 0 aromatic heterocycles. The number of amides is 1. The number of carbonyl (C=O) groups excluding carboxylic acids is 2. The molecular weight excluding hydrogens is 402 g/mol. The number of Topliss-reactive ketones (excluding diaryl/α,β-unsaturated/α-hetero) is 1. The molecule has 0 atom stereocenters. The van der Waals surface area contributed by atoms with Crippen molar-refractivity contribution < 1.29 is 22.8 Å². The van der Waals surface area contributed by atoms with E-state index in [0.29, 0.717) is 12.1 Å². The van der Waals surface area contributed by atoms with Crippen LogP contribution in [-0.4, -0.2) is 29.7 Å². The fraction of sp³-hybridized carbons (Fsp3) is 0.263. The van der Waals surface area contributed by atoms with Gasteiger partial charge in [0.2, 0.25) is 0 Å². The van der Waals surface area contributed by atoms with Crippen LogP contribution in [0.3, 0.4) is 0 Å². The summed E-state index contributed by atoms with van der Waals surface area (Å²) in [6.07, 6.45) is 0.470. The Kier molecular flexibility index (Phi) is 5.77. The molecule has 0 unspecified atom stereocenters. The monoisotopic (exact) mass is 415 g/mol. The Morgan fingerprint density at radius 1 is 1.00 bits per heavy atom. The number of piperidine rings is 1. The van der Waals surface area contributed by atoms with E-state index in [9.17, 15) is 22.8 Å². The van der Waals surface area contributed by atoms with Gasteiger partial charge in [-0.05, 0) is 25.0 Å². The van der Waals surface area contributed by atoms with E-state index in [-0.39, 0.29) is 47.4 Å². The zero-order valence-corrected chi connectivity index (χ0v) is 15.5. The summed E-state index contributed by atoms with van der Waals surface area (Å²) in [4.78, 5) is 26.6. The topological polar surface area (TPSA) is 37.4 Å². The van der Waals surface area contributed by atoms with Crippen LogP contribution in [0.1, 0.15) is 33.6 Å². The molecule has 0 saturated carbocycles. The molecule has 0 bridgehead atoms. The van der Waals surface area contributed by atoms with Gasteiger partial charge < -0.3 is 4.90 Å². The number of benzene rings is 2. The van der Waals surface area contributed by atoms with Crippen LogP contribution in [0.5, 0.6) is 0 Å². The van der Waals surface area contributed by atoms with Gasteiger partial charge in [-0.1, -0.05) is 29.3 Å². The zero-order valence-electron chi connectivity index (χ0n) is 13.9.